The lowest BCUT2D eigenvalue weighted by molar-refractivity contribution is 0.0938. The second kappa shape index (κ2) is 6.69. The average Bonchev–Trinajstić information content (AvgIpc) is 3.21. The lowest BCUT2D eigenvalue weighted by Crippen LogP contribution is -2.35. The van der Waals surface area contributed by atoms with Gasteiger partial charge in [-0.1, -0.05) is 29.4 Å². The number of carbonyl (C=O) groups is 1. The molecule has 1 N–H and O–H groups in total. The standard InChI is InChI=1S/C18H19N3O4S/c22-18(19-15-6-8-26(23,24)12-15)17-9-16(25-20-17)11-21-7-5-13-3-1-2-4-14(13)10-21/h1-4,6,8-9,15H,5,7,10-12H2,(H,19,22)/t15-/m0/s1. The molecule has 136 valence electrons. The number of hydrogen-bond acceptors (Lipinski definition) is 6. The van der Waals surface area contributed by atoms with E-state index < -0.39 is 21.8 Å². The van der Waals surface area contributed by atoms with E-state index in [0.29, 0.717) is 12.3 Å². The minimum absolute atomic E-state index is 0.114. The Labute approximate surface area is 151 Å². The van der Waals surface area contributed by atoms with E-state index in [9.17, 15) is 13.2 Å². The molecule has 8 heteroatoms. The molecule has 0 spiro atoms. The van der Waals surface area contributed by atoms with Crippen LogP contribution in [0.25, 0.3) is 0 Å². The van der Waals surface area contributed by atoms with Crippen molar-refractivity contribution < 1.29 is 17.7 Å². The number of aromatic nitrogens is 1. The second-order valence-corrected chi connectivity index (χ2v) is 8.58. The maximum absolute atomic E-state index is 12.2. The summed E-state index contributed by atoms with van der Waals surface area (Å²) in [5, 5.41) is 7.58. The molecule has 1 aromatic carbocycles. The van der Waals surface area contributed by atoms with Crippen LogP contribution in [0.15, 0.2) is 46.3 Å². The Balaban J connectivity index is 1.36. The van der Waals surface area contributed by atoms with Gasteiger partial charge in [0.15, 0.2) is 21.3 Å². The second-order valence-electron chi connectivity index (χ2n) is 6.65. The number of hydrogen-bond donors (Lipinski definition) is 1. The van der Waals surface area contributed by atoms with Crippen molar-refractivity contribution >= 4 is 15.7 Å². The predicted molar refractivity (Wildman–Crippen MR) is 94.9 cm³/mol. The number of nitrogens with zero attached hydrogens (tertiary/aromatic N) is 2. The maximum Gasteiger partial charge on any atom is 0.273 e. The molecule has 0 fully saturated rings. The highest BCUT2D eigenvalue weighted by Crippen LogP contribution is 2.20. The average molecular weight is 373 g/mol. The van der Waals surface area contributed by atoms with Gasteiger partial charge in [-0.2, -0.15) is 0 Å². The van der Waals surface area contributed by atoms with Crippen molar-refractivity contribution in [2.75, 3.05) is 12.3 Å². The van der Waals surface area contributed by atoms with Crippen LogP contribution >= 0.6 is 0 Å². The SMILES string of the molecule is O=C(N[C@H]1C=CS(=O)(=O)C1)c1cc(CN2CCc3ccccc3C2)on1. The third kappa shape index (κ3) is 3.71. The van der Waals surface area contributed by atoms with Crippen molar-refractivity contribution in [1.29, 1.82) is 0 Å². The van der Waals surface area contributed by atoms with E-state index in [1.54, 1.807) is 6.07 Å². The molecular weight excluding hydrogens is 354 g/mol. The van der Waals surface area contributed by atoms with Crippen LogP contribution < -0.4 is 5.32 Å². The maximum atomic E-state index is 12.2. The Bertz CT molecular complexity index is 964. The molecule has 0 bridgehead atoms. The van der Waals surface area contributed by atoms with Crippen LogP contribution in [0.4, 0.5) is 0 Å². The molecule has 0 saturated carbocycles. The molecule has 4 rings (SSSR count). The van der Waals surface area contributed by atoms with Crippen LogP contribution in [0, 0.1) is 0 Å². The summed E-state index contributed by atoms with van der Waals surface area (Å²) in [7, 11) is -3.21. The smallest absolute Gasteiger partial charge is 0.273 e. The molecule has 3 heterocycles. The minimum Gasteiger partial charge on any atom is -0.359 e. The molecule has 0 unspecified atom stereocenters. The zero-order chi connectivity index (χ0) is 18.1. The number of sulfone groups is 1. The molecule has 1 amide bonds. The van der Waals surface area contributed by atoms with Gasteiger partial charge >= 0.3 is 0 Å². The van der Waals surface area contributed by atoms with Crippen molar-refractivity contribution in [2.45, 2.75) is 25.6 Å². The van der Waals surface area contributed by atoms with Crippen molar-refractivity contribution in [3.05, 3.63) is 64.4 Å². The monoisotopic (exact) mass is 373 g/mol. The Morgan fingerprint density at radius 2 is 2.12 bits per heavy atom. The number of benzene rings is 1. The number of fused-ring (bicyclic) bond motifs is 1. The first-order valence-electron chi connectivity index (χ1n) is 8.45. The number of carbonyl (C=O) groups excluding carboxylic acids is 1. The minimum atomic E-state index is -3.21. The molecule has 2 aliphatic rings. The topological polar surface area (TPSA) is 92.5 Å². The molecule has 0 radical (unpaired) electrons. The first kappa shape index (κ1) is 17.0. The van der Waals surface area contributed by atoms with Crippen LogP contribution in [-0.4, -0.2) is 42.7 Å². The highest BCUT2D eigenvalue weighted by atomic mass is 32.2. The zero-order valence-corrected chi connectivity index (χ0v) is 14.9. The van der Waals surface area contributed by atoms with Crippen LogP contribution in [0.5, 0.6) is 0 Å². The van der Waals surface area contributed by atoms with E-state index >= 15 is 0 Å². The van der Waals surface area contributed by atoms with Crippen LogP contribution in [0.3, 0.4) is 0 Å². The fourth-order valence-electron chi connectivity index (χ4n) is 3.31. The fourth-order valence-corrected chi connectivity index (χ4v) is 4.55. The number of rotatable bonds is 4. The molecule has 2 aliphatic heterocycles. The Hall–Kier alpha value is -2.45. The van der Waals surface area contributed by atoms with E-state index in [1.165, 1.54) is 17.2 Å². The highest BCUT2D eigenvalue weighted by molar-refractivity contribution is 7.94. The van der Waals surface area contributed by atoms with Crippen molar-refractivity contribution in [3.8, 4) is 0 Å². The lowest BCUT2D eigenvalue weighted by Gasteiger charge is -2.27. The lowest BCUT2D eigenvalue weighted by atomic mass is 10.00. The summed E-state index contributed by atoms with van der Waals surface area (Å²) in [4.78, 5) is 14.5. The molecular formula is C18H19N3O4S. The number of nitrogens with one attached hydrogen (secondary N) is 1. The molecule has 0 aliphatic carbocycles. The van der Waals surface area contributed by atoms with E-state index in [2.05, 4.69) is 33.6 Å². The molecule has 1 aromatic heterocycles. The van der Waals surface area contributed by atoms with E-state index in [1.807, 2.05) is 6.07 Å². The van der Waals surface area contributed by atoms with Gasteiger partial charge in [-0.15, -0.1) is 0 Å². The van der Waals surface area contributed by atoms with Gasteiger partial charge in [0, 0.05) is 24.6 Å². The van der Waals surface area contributed by atoms with Gasteiger partial charge in [0.05, 0.1) is 18.3 Å². The summed E-state index contributed by atoms with van der Waals surface area (Å²) < 4.78 is 28.1. The Morgan fingerprint density at radius 3 is 2.88 bits per heavy atom. The Kier molecular flexibility index (Phi) is 4.37. The molecule has 26 heavy (non-hydrogen) atoms. The van der Waals surface area contributed by atoms with E-state index in [4.69, 9.17) is 4.52 Å². The summed E-state index contributed by atoms with van der Waals surface area (Å²) in [6, 6.07) is 9.47. The van der Waals surface area contributed by atoms with Crippen LogP contribution in [0.2, 0.25) is 0 Å². The van der Waals surface area contributed by atoms with E-state index in [0.717, 1.165) is 24.9 Å². The first-order valence-corrected chi connectivity index (χ1v) is 10.2. The highest BCUT2D eigenvalue weighted by Gasteiger charge is 2.25. The summed E-state index contributed by atoms with van der Waals surface area (Å²) in [5.41, 5.74) is 2.85. The largest absolute Gasteiger partial charge is 0.359 e. The Morgan fingerprint density at radius 1 is 1.31 bits per heavy atom. The van der Waals surface area contributed by atoms with Crippen molar-refractivity contribution in [3.63, 3.8) is 0 Å². The van der Waals surface area contributed by atoms with Gasteiger partial charge in [-0.25, -0.2) is 8.42 Å². The molecule has 0 saturated heterocycles. The predicted octanol–water partition coefficient (Wildman–Crippen LogP) is 1.27. The molecule has 7 nitrogen and oxygen atoms in total. The molecule has 1 atom stereocenters. The van der Waals surface area contributed by atoms with Crippen molar-refractivity contribution in [2.24, 2.45) is 0 Å². The third-order valence-corrected chi connectivity index (χ3v) is 6.02. The fraction of sp³-hybridized carbons (Fsp3) is 0.333. The summed E-state index contributed by atoms with van der Waals surface area (Å²) in [6.07, 6.45) is 2.46. The van der Waals surface area contributed by atoms with Crippen molar-refractivity contribution in [1.82, 2.24) is 15.4 Å². The van der Waals surface area contributed by atoms with Gasteiger partial charge in [0.25, 0.3) is 5.91 Å². The summed E-state index contributed by atoms with van der Waals surface area (Å²) in [6.45, 7) is 2.33. The summed E-state index contributed by atoms with van der Waals surface area (Å²) in [5.74, 6) is 0.0660. The zero-order valence-electron chi connectivity index (χ0n) is 14.1. The van der Waals surface area contributed by atoms with Gasteiger partial charge in [-0.3, -0.25) is 9.69 Å². The number of amides is 1. The normalized spacial score (nSPS) is 21.5. The first-order chi connectivity index (χ1) is 12.5. The van der Waals surface area contributed by atoms with Gasteiger partial charge in [-0.05, 0) is 23.6 Å². The van der Waals surface area contributed by atoms with Crippen LogP contribution in [-0.2, 0) is 29.3 Å². The summed E-state index contributed by atoms with van der Waals surface area (Å²) >= 11 is 0. The van der Waals surface area contributed by atoms with E-state index in [-0.39, 0.29) is 11.4 Å². The van der Waals surface area contributed by atoms with Crippen LogP contribution in [0.1, 0.15) is 27.4 Å². The molecule has 2 aromatic rings. The van der Waals surface area contributed by atoms with Gasteiger partial charge in [0.1, 0.15) is 0 Å². The quantitative estimate of drug-likeness (QED) is 0.868. The van der Waals surface area contributed by atoms with Gasteiger partial charge < -0.3 is 9.84 Å². The third-order valence-electron chi connectivity index (χ3n) is 4.63. The van der Waals surface area contributed by atoms with Gasteiger partial charge in [0.2, 0.25) is 0 Å².